The zero-order valence-electron chi connectivity index (χ0n) is 7.05. The number of rotatable bonds is 6. The van der Waals surface area contributed by atoms with Crippen molar-refractivity contribution < 1.29 is 9.90 Å². The Morgan fingerprint density at radius 2 is 2.09 bits per heavy atom. The van der Waals surface area contributed by atoms with E-state index in [-0.39, 0.29) is 0 Å². The molecule has 1 N–H and O–H groups in total. The van der Waals surface area contributed by atoms with E-state index >= 15 is 0 Å². The fraction of sp³-hybridized carbons (Fsp3) is 0.667. The molecule has 2 heteroatoms. The van der Waals surface area contributed by atoms with Gasteiger partial charge >= 0.3 is 5.97 Å². The Kier molecular flexibility index (Phi) is 6.79. The predicted octanol–water partition coefficient (Wildman–Crippen LogP) is 2.60. The number of hydrogen-bond donors (Lipinski definition) is 1. The summed E-state index contributed by atoms with van der Waals surface area (Å²) in [5.41, 5.74) is 0. The van der Waals surface area contributed by atoms with Crippen molar-refractivity contribution in [2.45, 2.75) is 39.0 Å². The minimum atomic E-state index is -0.847. The van der Waals surface area contributed by atoms with Crippen LogP contribution in [0.15, 0.2) is 12.2 Å². The van der Waals surface area contributed by atoms with Gasteiger partial charge in [0.1, 0.15) is 0 Å². The topological polar surface area (TPSA) is 37.3 Å². The second-order valence-electron chi connectivity index (χ2n) is 2.59. The molecule has 11 heavy (non-hydrogen) atoms. The predicted molar refractivity (Wildman–Crippen MR) is 45.5 cm³/mol. The lowest BCUT2D eigenvalue weighted by atomic mass is 10.1. The van der Waals surface area contributed by atoms with Gasteiger partial charge in [-0.25, -0.2) is 4.79 Å². The molecule has 0 aliphatic heterocycles. The van der Waals surface area contributed by atoms with Crippen LogP contribution in [0.1, 0.15) is 39.0 Å². The molecule has 0 unspecified atom stereocenters. The van der Waals surface area contributed by atoms with Crippen molar-refractivity contribution in [3.05, 3.63) is 12.2 Å². The van der Waals surface area contributed by atoms with Crippen molar-refractivity contribution >= 4 is 5.97 Å². The average molecular weight is 156 g/mol. The molecule has 0 amide bonds. The molecule has 2 nitrogen and oxygen atoms in total. The van der Waals surface area contributed by atoms with E-state index in [9.17, 15) is 4.79 Å². The summed E-state index contributed by atoms with van der Waals surface area (Å²) < 4.78 is 0. The zero-order chi connectivity index (χ0) is 8.53. The summed E-state index contributed by atoms with van der Waals surface area (Å²) in [5.74, 6) is -0.847. The van der Waals surface area contributed by atoms with Gasteiger partial charge in [0.2, 0.25) is 0 Å². The molecule has 0 saturated heterocycles. The molecule has 0 atom stereocenters. The fourth-order valence-corrected chi connectivity index (χ4v) is 0.873. The maximum atomic E-state index is 10.0. The van der Waals surface area contributed by atoms with E-state index in [1.807, 2.05) is 0 Å². The molecule has 64 valence electrons. The van der Waals surface area contributed by atoms with Crippen molar-refractivity contribution in [3.63, 3.8) is 0 Å². The van der Waals surface area contributed by atoms with Gasteiger partial charge in [0.15, 0.2) is 0 Å². The van der Waals surface area contributed by atoms with E-state index in [4.69, 9.17) is 5.11 Å². The third-order valence-electron chi connectivity index (χ3n) is 1.48. The quantitative estimate of drug-likeness (QED) is 0.474. The maximum Gasteiger partial charge on any atom is 0.327 e. The first-order valence-electron chi connectivity index (χ1n) is 4.17. The van der Waals surface area contributed by atoms with E-state index in [2.05, 4.69) is 6.92 Å². The van der Waals surface area contributed by atoms with Crippen LogP contribution in [0.3, 0.4) is 0 Å². The summed E-state index contributed by atoms with van der Waals surface area (Å²) >= 11 is 0. The normalized spacial score (nSPS) is 10.6. The Morgan fingerprint density at radius 3 is 2.64 bits per heavy atom. The van der Waals surface area contributed by atoms with Gasteiger partial charge < -0.3 is 5.11 Å². The summed E-state index contributed by atoms with van der Waals surface area (Å²) in [7, 11) is 0. The fourth-order valence-electron chi connectivity index (χ4n) is 0.873. The van der Waals surface area contributed by atoms with E-state index in [0.717, 1.165) is 12.8 Å². The first-order chi connectivity index (χ1) is 5.27. The highest BCUT2D eigenvalue weighted by molar-refractivity contribution is 5.79. The molecular weight excluding hydrogens is 140 g/mol. The van der Waals surface area contributed by atoms with Gasteiger partial charge in [-0.15, -0.1) is 0 Å². The van der Waals surface area contributed by atoms with Crippen LogP contribution in [0.25, 0.3) is 0 Å². The minimum Gasteiger partial charge on any atom is -0.478 e. The van der Waals surface area contributed by atoms with Gasteiger partial charge in [0.25, 0.3) is 0 Å². The molecule has 0 radical (unpaired) electrons. The zero-order valence-corrected chi connectivity index (χ0v) is 7.05. The van der Waals surface area contributed by atoms with E-state index < -0.39 is 5.97 Å². The number of unbranched alkanes of at least 4 members (excludes halogenated alkanes) is 4. The highest BCUT2D eigenvalue weighted by Crippen LogP contribution is 2.02. The van der Waals surface area contributed by atoms with Crippen molar-refractivity contribution in [2.75, 3.05) is 0 Å². The Labute approximate surface area is 67.9 Å². The molecule has 0 bridgehead atoms. The first-order valence-corrected chi connectivity index (χ1v) is 4.17. The lowest BCUT2D eigenvalue weighted by Crippen LogP contribution is -1.85. The first kappa shape index (κ1) is 10.2. The van der Waals surface area contributed by atoms with E-state index in [1.54, 1.807) is 6.08 Å². The SMILES string of the molecule is CCCCCCC=CC(=O)O. The smallest absolute Gasteiger partial charge is 0.327 e. The molecular formula is C9H16O2. The number of hydrogen-bond acceptors (Lipinski definition) is 1. The standard InChI is InChI=1S/C9H16O2/c1-2-3-4-5-6-7-8-9(10)11/h7-8H,2-6H2,1H3,(H,10,11). The monoisotopic (exact) mass is 156 g/mol. The van der Waals surface area contributed by atoms with Crippen LogP contribution in [0.4, 0.5) is 0 Å². The van der Waals surface area contributed by atoms with Gasteiger partial charge in [-0.1, -0.05) is 32.3 Å². The lowest BCUT2D eigenvalue weighted by Gasteiger charge is -1.92. The molecule has 0 saturated carbocycles. The second kappa shape index (κ2) is 7.32. The van der Waals surface area contributed by atoms with Crippen LogP contribution >= 0.6 is 0 Å². The van der Waals surface area contributed by atoms with Crippen LogP contribution in [-0.2, 0) is 4.79 Å². The Morgan fingerprint density at radius 1 is 1.36 bits per heavy atom. The minimum absolute atomic E-state index is 0.847. The van der Waals surface area contributed by atoms with Crippen LogP contribution in [0.2, 0.25) is 0 Å². The van der Waals surface area contributed by atoms with Gasteiger partial charge in [-0.05, 0) is 12.8 Å². The van der Waals surface area contributed by atoms with Gasteiger partial charge in [0, 0.05) is 6.08 Å². The van der Waals surface area contributed by atoms with Gasteiger partial charge in [-0.3, -0.25) is 0 Å². The summed E-state index contributed by atoms with van der Waals surface area (Å²) in [5, 5.41) is 8.23. The number of carboxylic acid groups (broad SMARTS) is 1. The molecule has 0 rings (SSSR count). The third kappa shape index (κ3) is 9.21. The van der Waals surface area contributed by atoms with E-state index in [1.165, 1.54) is 25.3 Å². The molecule has 0 fully saturated rings. The summed E-state index contributed by atoms with van der Waals surface area (Å²) in [4.78, 5) is 10.0. The number of aliphatic carboxylic acids is 1. The molecule has 0 heterocycles. The van der Waals surface area contributed by atoms with Gasteiger partial charge in [0.05, 0.1) is 0 Å². The number of allylic oxidation sites excluding steroid dienone is 1. The van der Waals surface area contributed by atoms with Crippen molar-refractivity contribution in [3.8, 4) is 0 Å². The molecule has 0 aromatic rings. The molecule has 0 aliphatic carbocycles. The highest BCUT2D eigenvalue weighted by atomic mass is 16.4. The second-order valence-corrected chi connectivity index (χ2v) is 2.59. The number of carboxylic acids is 1. The average Bonchev–Trinajstić information content (AvgIpc) is 1.96. The molecule has 0 aromatic carbocycles. The molecule has 0 spiro atoms. The highest BCUT2D eigenvalue weighted by Gasteiger charge is 1.86. The van der Waals surface area contributed by atoms with Crippen LogP contribution < -0.4 is 0 Å². The Hall–Kier alpha value is -0.790. The van der Waals surface area contributed by atoms with Crippen molar-refractivity contribution in [1.29, 1.82) is 0 Å². The Balaban J connectivity index is 3.07. The van der Waals surface area contributed by atoms with E-state index in [0.29, 0.717) is 0 Å². The molecule has 0 aromatic heterocycles. The number of carbonyl (C=O) groups is 1. The van der Waals surface area contributed by atoms with Crippen LogP contribution in [0, 0.1) is 0 Å². The Bertz CT molecular complexity index is 128. The largest absolute Gasteiger partial charge is 0.478 e. The summed E-state index contributed by atoms with van der Waals surface area (Å²) in [6.45, 7) is 2.16. The maximum absolute atomic E-state index is 10.0. The summed E-state index contributed by atoms with van der Waals surface area (Å²) in [6.07, 6.45) is 8.62. The summed E-state index contributed by atoms with van der Waals surface area (Å²) in [6, 6.07) is 0. The van der Waals surface area contributed by atoms with Crippen LogP contribution in [0.5, 0.6) is 0 Å². The van der Waals surface area contributed by atoms with Crippen molar-refractivity contribution in [2.24, 2.45) is 0 Å². The third-order valence-corrected chi connectivity index (χ3v) is 1.48. The van der Waals surface area contributed by atoms with Crippen LogP contribution in [-0.4, -0.2) is 11.1 Å². The molecule has 0 aliphatic rings. The lowest BCUT2D eigenvalue weighted by molar-refractivity contribution is -0.131. The van der Waals surface area contributed by atoms with Gasteiger partial charge in [-0.2, -0.15) is 0 Å². The van der Waals surface area contributed by atoms with Crippen molar-refractivity contribution in [1.82, 2.24) is 0 Å².